The number of hydrogen-bond donors (Lipinski definition) is 0. The van der Waals surface area contributed by atoms with Crippen LogP contribution in [0.2, 0.25) is 91.7 Å². The number of benzene rings is 4. The summed E-state index contributed by atoms with van der Waals surface area (Å²) in [6.45, 7) is 43.2. The van der Waals surface area contributed by atoms with E-state index in [0.29, 0.717) is 0 Å². The first-order chi connectivity index (χ1) is 29.9. The normalized spacial score (nSPS) is 11.9. The molecular formula is C56H84Cl2Si5Zr. The first-order valence-electron chi connectivity index (χ1n) is 24.2. The molecule has 0 aliphatic rings. The fourth-order valence-corrected chi connectivity index (χ4v) is 13.4. The average molecular weight is 1060 g/mol. The van der Waals surface area contributed by atoms with Crippen LogP contribution in [0, 0.1) is 0 Å². The van der Waals surface area contributed by atoms with Crippen LogP contribution in [0.5, 0.6) is 0 Å². The Morgan fingerprint density at radius 2 is 0.750 bits per heavy atom. The van der Waals surface area contributed by atoms with Crippen LogP contribution in [0.4, 0.5) is 0 Å². The van der Waals surface area contributed by atoms with Gasteiger partial charge in [0.1, 0.15) is 0 Å². The fourth-order valence-electron chi connectivity index (χ4n) is 8.38. The molecule has 0 fully saturated rings. The van der Waals surface area contributed by atoms with Gasteiger partial charge in [0, 0.05) is 9.52 Å². The van der Waals surface area contributed by atoms with Crippen LogP contribution >= 0.6 is 17.0 Å². The molecule has 8 heteroatoms. The van der Waals surface area contributed by atoms with Crippen LogP contribution in [-0.4, -0.2) is 41.8 Å². The number of aryl methyl sites for hydroxylation is 4. The van der Waals surface area contributed by atoms with Gasteiger partial charge in [-0.15, -0.1) is 69.1 Å². The van der Waals surface area contributed by atoms with Gasteiger partial charge in [-0.1, -0.05) is 224 Å². The van der Waals surface area contributed by atoms with Crippen molar-refractivity contribution in [3.8, 4) is 22.3 Å². The predicted molar refractivity (Wildman–Crippen MR) is 307 cm³/mol. The van der Waals surface area contributed by atoms with Crippen molar-refractivity contribution >= 4 is 101 Å². The Morgan fingerprint density at radius 1 is 0.469 bits per heavy atom. The molecule has 0 atom stereocenters. The van der Waals surface area contributed by atoms with Gasteiger partial charge < -0.3 is 0 Å². The van der Waals surface area contributed by atoms with E-state index in [1.165, 1.54) is 105 Å². The van der Waals surface area contributed by atoms with Crippen molar-refractivity contribution in [2.24, 2.45) is 0 Å². The molecule has 6 aromatic carbocycles. The van der Waals surface area contributed by atoms with Crippen LogP contribution in [0.3, 0.4) is 0 Å². The van der Waals surface area contributed by atoms with Crippen molar-refractivity contribution in [1.29, 1.82) is 0 Å². The topological polar surface area (TPSA) is 0 Å². The first kappa shape index (κ1) is 57.0. The third kappa shape index (κ3) is 15.9. The molecule has 2 radical (unpaired) electrons. The summed E-state index contributed by atoms with van der Waals surface area (Å²) < 4.78 is 0. The van der Waals surface area contributed by atoms with Crippen LogP contribution in [0.25, 0.3) is 43.8 Å². The van der Waals surface area contributed by atoms with Crippen molar-refractivity contribution in [1.82, 2.24) is 0 Å². The Labute approximate surface area is 418 Å². The average Bonchev–Trinajstić information content (AvgIpc) is 3.84. The van der Waals surface area contributed by atoms with Crippen molar-refractivity contribution < 1.29 is 20.8 Å². The molecule has 6 aromatic rings. The zero-order valence-corrected chi connectivity index (χ0v) is 52.5. The summed E-state index contributed by atoms with van der Waals surface area (Å²) in [5.41, 5.74) is 11.9. The zero-order valence-electron chi connectivity index (χ0n) is 43.5. The molecular weight excluding hydrogens is 975 g/mol. The third-order valence-electron chi connectivity index (χ3n) is 12.4. The minimum atomic E-state index is -1.39. The van der Waals surface area contributed by atoms with E-state index < -0.39 is 53.1 Å². The standard InChI is InChI=1S/2C27H39Si2.C2H6Si.2ClH.Zr/c2*1-9-11-12-20-15-22-14-13-21(10-2)27(26(22)16-20)23-17-24(28(3,4)5)19-25(18-23)29(6,7)8;1-3-2;;;/h2*13-19H,9-12H2,1-8H3;1-2H3;2*1H;/q2*-1;;;;+4/p-2. The molecule has 0 unspecified atom stereocenters. The molecule has 0 aromatic heterocycles. The van der Waals surface area contributed by atoms with E-state index in [4.69, 9.17) is 17.0 Å². The Kier molecular flexibility index (Phi) is 22.5. The Hall–Kier alpha value is -1.35. The number of rotatable bonds is 14. The van der Waals surface area contributed by atoms with Gasteiger partial charge in [0.15, 0.2) is 0 Å². The molecule has 0 nitrogen and oxygen atoms in total. The summed E-state index contributed by atoms with van der Waals surface area (Å²) in [6, 6.07) is 34.5. The van der Waals surface area contributed by atoms with E-state index >= 15 is 0 Å². The van der Waals surface area contributed by atoms with E-state index in [2.05, 4.69) is 204 Å². The number of unbranched alkanes of at least 4 members (excludes halogenated alkanes) is 2. The summed E-state index contributed by atoms with van der Waals surface area (Å²) in [4.78, 5) is 0. The van der Waals surface area contributed by atoms with Crippen molar-refractivity contribution in [3.63, 3.8) is 0 Å². The van der Waals surface area contributed by atoms with Gasteiger partial charge in [0.25, 0.3) is 0 Å². The number of fused-ring (bicyclic) bond motifs is 2. The second-order valence-electron chi connectivity index (χ2n) is 22.0. The molecule has 0 N–H and O–H groups in total. The monoisotopic (exact) mass is 1060 g/mol. The second kappa shape index (κ2) is 25.3. The molecule has 0 saturated carbocycles. The maximum atomic E-state index is 4.93. The Balaban J connectivity index is 0.000000303. The SMILES string of the molecule is CCCCc1cc2c(-c3cc([Si](C)(C)C)cc([Si](C)(C)C)c3)c(CC)ccc2[cH-]1.CCCCc1cc2c(-c3cc([Si](C)(C)C)cc([Si](C)(C)C)c3)c(CC)ccc2[cH-]1.C[Si]C.[Cl][Zr+2][Cl]. The van der Waals surface area contributed by atoms with Crippen LogP contribution in [0.1, 0.15) is 75.6 Å². The molecule has 0 spiro atoms. The minimum absolute atomic E-state index is 0.826. The summed E-state index contributed by atoms with van der Waals surface area (Å²) in [5, 5.41) is 12.2. The molecule has 0 bridgehead atoms. The van der Waals surface area contributed by atoms with Crippen molar-refractivity contribution in [2.75, 3.05) is 0 Å². The van der Waals surface area contributed by atoms with Gasteiger partial charge in [0.2, 0.25) is 0 Å². The van der Waals surface area contributed by atoms with Gasteiger partial charge >= 0.3 is 37.9 Å². The summed E-state index contributed by atoms with van der Waals surface area (Å²) >= 11 is -0.826. The van der Waals surface area contributed by atoms with E-state index in [1.54, 1.807) is 20.7 Å². The molecule has 0 aliphatic heterocycles. The van der Waals surface area contributed by atoms with Crippen molar-refractivity contribution in [3.05, 3.63) is 107 Å². The van der Waals surface area contributed by atoms with E-state index in [-0.39, 0.29) is 0 Å². The van der Waals surface area contributed by atoms with E-state index in [1.807, 2.05) is 0 Å². The molecule has 6 rings (SSSR count). The maximum absolute atomic E-state index is 4.93. The quantitative estimate of drug-likeness (QED) is 0.0753. The van der Waals surface area contributed by atoms with Gasteiger partial charge in [-0.25, -0.2) is 0 Å². The predicted octanol–water partition coefficient (Wildman–Crippen LogP) is 16.6. The summed E-state index contributed by atoms with van der Waals surface area (Å²) in [5.74, 6) is 0. The molecule has 0 amide bonds. The van der Waals surface area contributed by atoms with E-state index in [9.17, 15) is 0 Å². The molecule has 346 valence electrons. The van der Waals surface area contributed by atoms with E-state index in [0.717, 1.165) is 22.4 Å². The van der Waals surface area contributed by atoms with Gasteiger partial charge in [-0.05, 0) is 36.8 Å². The number of halogens is 2. The van der Waals surface area contributed by atoms with Gasteiger partial charge in [0.05, 0.1) is 32.3 Å². The summed E-state index contributed by atoms with van der Waals surface area (Å²) in [6.07, 6.45) is 9.62. The van der Waals surface area contributed by atoms with Crippen LogP contribution in [0.15, 0.2) is 84.9 Å². The molecule has 64 heavy (non-hydrogen) atoms. The van der Waals surface area contributed by atoms with Gasteiger partial charge in [-0.3, -0.25) is 0 Å². The fraction of sp³-hybridized carbons (Fsp3) is 0.464. The third-order valence-corrected chi connectivity index (χ3v) is 20.5. The zero-order chi connectivity index (χ0) is 48.2. The Bertz CT molecular complexity index is 2150. The first-order valence-corrected chi connectivity index (χ1v) is 46.5. The number of hydrogen-bond acceptors (Lipinski definition) is 0. The second-order valence-corrected chi connectivity index (χ2v) is 47.1. The molecule has 0 aliphatic carbocycles. The Morgan fingerprint density at radius 3 is 0.984 bits per heavy atom. The summed E-state index contributed by atoms with van der Waals surface area (Å²) in [7, 11) is 5.38. The molecule has 0 saturated heterocycles. The molecule has 0 heterocycles. The van der Waals surface area contributed by atoms with Crippen LogP contribution in [-0.2, 0) is 46.5 Å². The van der Waals surface area contributed by atoms with Crippen LogP contribution < -0.4 is 20.7 Å². The van der Waals surface area contributed by atoms with Gasteiger partial charge in [-0.2, -0.15) is 12.1 Å². The van der Waals surface area contributed by atoms with Crippen molar-refractivity contribution in [2.45, 2.75) is 171 Å².